The van der Waals surface area contributed by atoms with Crippen LogP contribution >= 0.6 is 0 Å². The number of rotatable bonds is 2. The topological polar surface area (TPSA) is 70.2 Å². The van der Waals surface area contributed by atoms with E-state index < -0.39 is 17.7 Å². The maximum Gasteiger partial charge on any atom is 0.324 e. The molecule has 5 nitrogen and oxygen atoms in total. The van der Waals surface area contributed by atoms with Crippen molar-refractivity contribution >= 4 is 12.1 Å². The Morgan fingerprint density at radius 3 is 2.06 bits per heavy atom. The zero-order chi connectivity index (χ0) is 12.5. The van der Waals surface area contributed by atoms with Crippen LogP contribution in [0.2, 0.25) is 0 Å². The smallest absolute Gasteiger partial charge is 0.311 e. The molecule has 0 saturated carbocycles. The molecule has 1 fully saturated rings. The van der Waals surface area contributed by atoms with Crippen LogP contribution in [0.4, 0.5) is 9.59 Å². The fraction of sp³-hybridized carbons (Fsp3) is 0.333. The van der Waals surface area contributed by atoms with Gasteiger partial charge >= 0.3 is 12.1 Å². The second-order valence-corrected chi connectivity index (χ2v) is 4.21. The third kappa shape index (κ3) is 2.22. The number of benzene rings is 1. The van der Waals surface area contributed by atoms with Crippen molar-refractivity contribution < 1.29 is 9.59 Å². The van der Waals surface area contributed by atoms with Crippen molar-refractivity contribution in [3.8, 4) is 0 Å². The molecule has 0 aromatic heterocycles. The van der Waals surface area contributed by atoms with Crippen molar-refractivity contribution in [1.82, 2.24) is 16.0 Å². The number of hydrogen-bond acceptors (Lipinski definition) is 2. The van der Waals surface area contributed by atoms with Crippen LogP contribution in [-0.4, -0.2) is 12.1 Å². The van der Waals surface area contributed by atoms with E-state index in [1.54, 1.807) is 6.92 Å². The highest BCUT2D eigenvalue weighted by atomic mass is 16.2. The average Bonchev–Trinajstić information content (AvgIpc) is 2.27. The van der Waals surface area contributed by atoms with Gasteiger partial charge in [-0.15, -0.1) is 0 Å². The van der Waals surface area contributed by atoms with Crippen molar-refractivity contribution in [3.63, 3.8) is 0 Å². The van der Waals surface area contributed by atoms with E-state index in [1.165, 1.54) is 5.56 Å². The van der Waals surface area contributed by atoms with Gasteiger partial charge in [0.05, 0.1) is 0 Å². The van der Waals surface area contributed by atoms with Gasteiger partial charge in [-0.3, -0.25) is 5.32 Å². The van der Waals surface area contributed by atoms with Crippen molar-refractivity contribution in [2.24, 2.45) is 0 Å². The van der Waals surface area contributed by atoms with E-state index in [0.29, 0.717) is 0 Å². The molecular weight excluding hydrogens is 218 g/mol. The highest BCUT2D eigenvalue weighted by Gasteiger charge is 2.35. The molecule has 1 aromatic carbocycles. The summed E-state index contributed by atoms with van der Waals surface area (Å²) in [6.07, 6.45) is 0.956. The Kier molecular flexibility index (Phi) is 2.75. The molecule has 4 amide bonds. The van der Waals surface area contributed by atoms with Gasteiger partial charge in [-0.25, -0.2) is 9.59 Å². The zero-order valence-electron chi connectivity index (χ0n) is 9.83. The molecule has 0 unspecified atom stereocenters. The number of imide groups is 1. The van der Waals surface area contributed by atoms with Crippen molar-refractivity contribution in [3.05, 3.63) is 35.4 Å². The van der Waals surface area contributed by atoms with Crippen molar-refractivity contribution in [1.29, 1.82) is 0 Å². The molecule has 5 heteroatoms. The minimum absolute atomic E-state index is 0.490. The van der Waals surface area contributed by atoms with Crippen LogP contribution in [0.1, 0.15) is 25.0 Å². The van der Waals surface area contributed by atoms with E-state index >= 15 is 0 Å². The van der Waals surface area contributed by atoms with E-state index in [2.05, 4.69) is 22.9 Å². The summed E-state index contributed by atoms with van der Waals surface area (Å²) in [6, 6.07) is 6.81. The lowest BCUT2D eigenvalue weighted by molar-refractivity contribution is 0.188. The molecule has 1 aromatic rings. The fourth-order valence-corrected chi connectivity index (χ4v) is 1.87. The monoisotopic (exact) mass is 233 g/mol. The van der Waals surface area contributed by atoms with Crippen LogP contribution in [0.3, 0.4) is 0 Å². The van der Waals surface area contributed by atoms with Gasteiger partial charge in [-0.05, 0) is 24.5 Å². The molecule has 17 heavy (non-hydrogen) atoms. The Morgan fingerprint density at radius 2 is 1.59 bits per heavy atom. The quantitative estimate of drug-likeness (QED) is 0.723. The molecule has 0 atom stereocenters. The summed E-state index contributed by atoms with van der Waals surface area (Å²) in [5, 5.41) is 7.52. The standard InChI is InChI=1S/C12H15N3O2/c1-3-8-4-6-9(7-5-8)12(2)14-10(16)13-11(17)15-12/h4-7H,3H2,1-2H3,(H3,13,14,15,16,17). The number of hydrogen-bond donors (Lipinski definition) is 3. The van der Waals surface area contributed by atoms with Crippen LogP contribution in [0.25, 0.3) is 0 Å². The predicted molar refractivity (Wildman–Crippen MR) is 63.4 cm³/mol. The first kappa shape index (κ1) is 11.4. The number of urea groups is 2. The number of amides is 4. The Labute approximate surface area is 99.6 Å². The molecule has 1 heterocycles. The van der Waals surface area contributed by atoms with Gasteiger partial charge in [0.15, 0.2) is 0 Å². The maximum atomic E-state index is 11.3. The molecule has 0 spiro atoms. The van der Waals surface area contributed by atoms with Gasteiger partial charge < -0.3 is 10.6 Å². The Balaban J connectivity index is 2.29. The first-order chi connectivity index (χ1) is 8.03. The SMILES string of the molecule is CCc1ccc(C2(C)NC(=O)NC(=O)N2)cc1. The Morgan fingerprint density at radius 1 is 1.06 bits per heavy atom. The zero-order valence-corrected chi connectivity index (χ0v) is 9.83. The van der Waals surface area contributed by atoms with Crippen molar-refractivity contribution in [2.75, 3.05) is 0 Å². The van der Waals surface area contributed by atoms with Gasteiger partial charge in [-0.1, -0.05) is 31.2 Å². The summed E-state index contributed by atoms with van der Waals surface area (Å²) >= 11 is 0. The Hall–Kier alpha value is -2.04. The number of aryl methyl sites for hydroxylation is 1. The summed E-state index contributed by atoms with van der Waals surface area (Å²) in [4.78, 5) is 22.6. The summed E-state index contributed by atoms with van der Waals surface area (Å²) in [7, 11) is 0. The average molecular weight is 233 g/mol. The summed E-state index contributed by atoms with van der Waals surface area (Å²) in [5.41, 5.74) is 1.20. The molecule has 90 valence electrons. The van der Waals surface area contributed by atoms with E-state index in [0.717, 1.165) is 12.0 Å². The third-order valence-electron chi connectivity index (χ3n) is 2.89. The van der Waals surface area contributed by atoms with Gasteiger partial charge in [0.1, 0.15) is 5.66 Å². The molecule has 1 aliphatic rings. The minimum atomic E-state index is -0.855. The predicted octanol–water partition coefficient (Wildman–Crippen LogP) is 1.44. The molecule has 0 bridgehead atoms. The maximum absolute atomic E-state index is 11.3. The van der Waals surface area contributed by atoms with E-state index in [4.69, 9.17) is 0 Å². The number of nitrogens with one attached hydrogen (secondary N) is 3. The van der Waals surface area contributed by atoms with Crippen LogP contribution in [-0.2, 0) is 12.1 Å². The second kappa shape index (κ2) is 4.08. The summed E-state index contributed by atoms with van der Waals surface area (Å²) in [5.74, 6) is 0. The highest BCUT2D eigenvalue weighted by molar-refractivity contribution is 5.96. The lowest BCUT2D eigenvalue weighted by Gasteiger charge is -2.35. The first-order valence-corrected chi connectivity index (χ1v) is 5.54. The first-order valence-electron chi connectivity index (χ1n) is 5.54. The third-order valence-corrected chi connectivity index (χ3v) is 2.89. The second-order valence-electron chi connectivity index (χ2n) is 4.21. The van der Waals surface area contributed by atoms with Gasteiger partial charge in [0.2, 0.25) is 0 Å². The lowest BCUT2D eigenvalue weighted by atomic mass is 9.99. The molecule has 1 saturated heterocycles. The van der Waals surface area contributed by atoms with Crippen molar-refractivity contribution in [2.45, 2.75) is 25.9 Å². The van der Waals surface area contributed by atoms with Crippen LogP contribution in [0.15, 0.2) is 24.3 Å². The van der Waals surface area contributed by atoms with Gasteiger partial charge in [0, 0.05) is 0 Å². The summed E-state index contributed by atoms with van der Waals surface area (Å²) < 4.78 is 0. The Bertz CT molecular complexity index is 437. The highest BCUT2D eigenvalue weighted by Crippen LogP contribution is 2.20. The van der Waals surface area contributed by atoms with Crippen LogP contribution in [0, 0.1) is 0 Å². The fourth-order valence-electron chi connectivity index (χ4n) is 1.87. The van der Waals surface area contributed by atoms with Gasteiger partial charge in [0.25, 0.3) is 0 Å². The molecule has 1 aliphatic heterocycles. The molecule has 0 radical (unpaired) electrons. The van der Waals surface area contributed by atoms with E-state index in [-0.39, 0.29) is 0 Å². The number of carbonyl (C=O) groups excluding carboxylic acids is 2. The van der Waals surface area contributed by atoms with Crippen LogP contribution in [0.5, 0.6) is 0 Å². The minimum Gasteiger partial charge on any atom is -0.311 e. The number of carbonyl (C=O) groups is 2. The molecular formula is C12H15N3O2. The lowest BCUT2D eigenvalue weighted by Crippen LogP contribution is -2.66. The molecule has 0 aliphatic carbocycles. The van der Waals surface area contributed by atoms with Gasteiger partial charge in [-0.2, -0.15) is 0 Å². The molecule has 2 rings (SSSR count). The van der Waals surface area contributed by atoms with E-state index in [1.807, 2.05) is 24.3 Å². The van der Waals surface area contributed by atoms with E-state index in [9.17, 15) is 9.59 Å². The molecule has 3 N–H and O–H groups in total. The van der Waals surface area contributed by atoms with Crippen LogP contribution < -0.4 is 16.0 Å². The normalized spacial score (nSPS) is 18.0. The summed E-state index contributed by atoms with van der Waals surface area (Å²) in [6.45, 7) is 3.83. The largest absolute Gasteiger partial charge is 0.324 e.